The van der Waals surface area contributed by atoms with E-state index in [4.69, 9.17) is 19.9 Å². The van der Waals surface area contributed by atoms with Gasteiger partial charge in [-0.2, -0.15) is 0 Å². The lowest BCUT2D eigenvalue weighted by Crippen LogP contribution is -2.25. The third-order valence-electron chi connectivity index (χ3n) is 10.2. The van der Waals surface area contributed by atoms with Crippen LogP contribution < -0.4 is 0 Å². The lowest BCUT2D eigenvalue weighted by atomic mass is 9.71. The average Bonchev–Trinajstić information content (AvgIpc) is 3.17. The zero-order valence-electron chi connectivity index (χ0n) is 28.2. The van der Waals surface area contributed by atoms with Crippen LogP contribution >= 0.6 is 0 Å². The first-order valence-corrected chi connectivity index (χ1v) is 17.1. The van der Waals surface area contributed by atoms with Crippen molar-refractivity contribution in [2.45, 2.75) is 26.2 Å². The van der Waals surface area contributed by atoms with Gasteiger partial charge < -0.3 is 0 Å². The molecule has 4 aromatic heterocycles. The van der Waals surface area contributed by atoms with Crippen molar-refractivity contribution in [3.05, 3.63) is 180 Å². The molecule has 9 rings (SSSR count). The van der Waals surface area contributed by atoms with Crippen molar-refractivity contribution in [3.8, 4) is 22.5 Å². The molecule has 0 radical (unpaired) electrons. The zero-order chi connectivity index (χ0) is 33.8. The minimum absolute atomic E-state index is 0.388. The first kappa shape index (κ1) is 29.8. The molecule has 0 aliphatic heterocycles. The molecule has 0 fully saturated rings. The van der Waals surface area contributed by atoms with Crippen LogP contribution in [0.5, 0.6) is 0 Å². The number of pyridine rings is 4. The molecule has 0 spiro atoms. The smallest absolute Gasteiger partial charge is 0.0972 e. The third-order valence-corrected chi connectivity index (χ3v) is 10.2. The highest BCUT2D eigenvalue weighted by molar-refractivity contribution is 6.04. The van der Waals surface area contributed by atoms with E-state index in [1.54, 1.807) is 0 Å². The molecule has 4 nitrogen and oxygen atoms in total. The summed E-state index contributed by atoms with van der Waals surface area (Å²) in [5.41, 5.74) is 13.0. The van der Waals surface area contributed by atoms with Gasteiger partial charge in [-0.3, -0.25) is 9.97 Å². The predicted molar refractivity (Wildman–Crippen MR) is 206 cm³/mol. The normalized spacial score (nSPS) is 11.9. The Balaban J connectivity index is 1.10. The van der Waals surface area contributed by atoms with Crippen molar-refractivity contribution in [2.75, 3.05) is 0 Å². The van der Waals surface area contributed by atoms with Gasteiger partial charge in [0.15, 0.2) is 0 Å². The average molecular weight is 643 g/mol. The standard InChI is InChI=1S/C46H34N4/c1-29-9-11-33-13-15-35-21-27-40(49-44(35)42(33)47-29)31-17-23-38(24-18-31)46(3,37-7-5-4-6-8-37)39-25-19-32(20-26-39)41-28-22-36-16-14-34-12-10-30(2)48-43(34)45(36)50-41/h4-28H,1-3H3. The van der Waals surface area contributed by atoms with Crippen molar-refractivity contribution in [2.24, 2.45) is 0 Å². The fourth-order valence-electron chi connectivity index (χ4n) is 7.27. The van der Waals surface area contributed by atoms with E-state index in [0.717, 1.165) is 77.5 Å². The zero-order valence-corrected chi connectivity index (χ0v) is 28.2. The van der Waals surface area contributed by atoms with Crippen molar-refractivity contribution in [1.29, 1.82) is 0 Å². The van der Waals surface area contributed by atoms with Crippen molar-refractivity contribution in [1.82, 2.24) is 19.9 Å². The fourth-order valence-corrected chi connectivity index (χ4v) is 7.27. The lowest BCUT2D eigenvalue weighted by molar-refractivity contribution is 0.693. The Hall–Kier alpha value is -6.26. The molecule has 0 unspecified atom stereocenters. The number of fused-ring (bicyclic) bond motifs is 6. The summed E-state index contributed by atoms with van der Waals surface area (Å²) in [7, 11) is 0. The molecule has 4 heteroatoms. The van der Waals surface area contributed by atoms with Crippen LogP contribution in [0.4, 0.5) is 0 Å². The van der Waals surface area contributed by atoms with Gasteiger partial charge in [0.2, 0.25) is 0 Å². The van der Waals surface area contributed by atoms with E-state index in [1.165, 1.54) is 16.7 Å². The summed E-state index contributed by atoms with van der Waals surface area (Å²) >= 11 is 0. The first-order valence-electron chi connectivity index (χ1n) is 17.1. The van der Waals surface area contributed by atoms with Gasteiger partial charge in [-0.15, -0.1) is 0 Å². The summed E-state index contributed by atoms with van der Waals surface area (Å²) in [5.74, 6) is 0. The number of nitrogens with zero attached hydrogens (tertiary/aromatic N) is 4. The summed E-state index contributed by atoms with van der Waals surface area (Å²) in [5, 5.41) is 4.39. The van der Waals surface area contributed by atoms with Gasteiger partial charge in [0.1, 0.15) is 0 Å². The highest BCUT2D eigenvalue weighted by atomic mass is 14.8. The number of aryl methyl sites for hydroxylation is 2. The van der Waals surface area contributed by atoms with Gasteiger partial charge in [-0.25, -0.2) is 9.97 Å². The molecule has 50 heavy (non-hydrogen) atoms. The van der Waals surface area contributed by atoms with Gasteiger partial charge in [-0.1, -0.05) is 127 Å². The van der Waals surface area contributed by atoms with E-state index in [2.05, 4.69) is 146 Å². The number of hydrogen-bond donors (Lipinski definition) is 0. The summed E-state index contributed by atoms with van der Waals surface area (Å²) < 4.78 is 0. The Bertz CT molecular complexity index is 2550. The molecule has 0 atom stereocenters. The molecule has 4 heterocycles. The SMILES string of the molecule is Cc1ccc2ccc3ccc(-c4ccc(C(C)(c5ccccc5)c5ccc(-c6ccc7ccc8ccc(C)nc8c7n6)cc5)cc4)nc3c2n1. The van der Waals surface area contributed by atoms with Crippen LogP contribution in [0.15, 0.2) is 152 Å². The maximum atomic E-state index is 5.13. The molecule has 0 amide bonds. The number of benzene rings is 5. The van der Waals surface area contributed by atoms with Crippen LogP contribution in [0.1, 0.15) is 35.0 Å². The quantitative estimate of drug-likeness (QED) is 0.138. The first-order chi connectivity index (χ1) is 24.4. The molecule has 5 aromatic carbocycles. The maximum absolute atomic E-state index is 5.13. The minimum Gasteiger partial charge on any atom is -0.251 e. The second-order valence-corrected chi connectivity index (χ2v) is 13.4. The summed E-state index contributed by atoms with van der Waals surface area (Å²) in [4.78, 5) is 19.9. The summed E-state index contributed by atoms with van der Waals surface area (Å²) in [6.45, 7) is 6.37. The number of hydrogen-bond acceptors (Lipinski definition) is 4. The third kappa shape index (κ3) is 5.00. The largest absolute Gasteiger partial charge is 0.251 e. The summed E-state index contributed by atoms with van der Waals surface area (Å²) in [6.07, 6.45) is 0. The van der Waals surface area contributed by atoms with Gasteiger partial charge in [0.05, 0.1) is 33.5 Å². The molecule has 0 N–H and O–H groups in total. The predicted octanol–water partition coefficient (Wildman–Crippen LogP) is 11.2. The molecular weight excluding hydrogens is 609 g/mol. The second kappa shape index (κ2) is 11.7. The second-order valence-electron chi connectivity index (χ2n) is 13.4. The van der Waals surface area contributed by atoms with Crippen LogP contribution in [0.25, 0.3) is 66.1 Å². The molecule has 9 aromatic rings. The number of aromatic nitrogens is 4. The van der Waals surface area contributed by atoms with Crippen molar-refractivity contribution < 1.29 is 0 Å². The molecular formula is C46H34N4. The Labute approximate surface area is 291 Å². The molecule has 0 saturated heterocycles. The molecule has 238 valence electrons. The monoisotopic (exact) mass is 642 g/mol. The highest BCUT2D eigenvalue weighted by Crippen LogP contribution is 2.40. The molecule has 0 bridgehead atoms. The van der Waals surface area contributed by atoms with E-state index >= 15 is 0 Å². The highest BCUT2D eigenvalue weighted by Gasteiger charge is 2.31. The van der Waals surface area contributed by atoms with Gasteiger partial charge in [-0.05, 0) is 61.7 Å². The number of rotatable bonds is 5. The van der Waals surface area contributed by atoms with Crippen LogP contribution in [0.3, 0.4) is 0 Å². The van der Waals surface area contributed by atoms with E-state index in [0.29, 0.717) is 0 Å². The Morgan fingerprint density at radius 1 is 0.340 bits per heavy atom. The fraction of sp³-hybridized carbons (Fsp3) is 0.0870. The van der Waals surface area contributed by atoms with Crippen molar-refractivity contribution in [3.63, 3.8) is 0 Å². The summed E-state index contributed by atoms with van der Waals surface area (Å²) in [6, 6.07) is 53.9. The van der Waals surface area contributed by atoms with Crippen LogP contribution in [-0.4, -0.2) is 19.9 Å². The topological polar surface area (TPSA) is 51.6 Å². The van der Waals surface area contributed by atoms with Crippen LogP contribution in [0, 0.1) is 13.8 Å². The minimum atomic E-state index is -0.388. The molecule has 0 aliphatic rings. The molecule has 0 saturated carbocycles. The maximum Gasteiger partial charge on any atom is 0.0972 e. The van der Waals surface area contributed by atoms with Crippen LogP contribution in [-0.2, 0) is 5.41 Å². The Morgan fingerprint density at radius 2 is 0.680 bits per heavy atom. The van der Waals surface area contributed by atoms with Crippen molar-refractivity contribution >= 4 is 43.6 Å². The van der Waals surface area contributed by atoms with E-state index < -0.39 is 0 Å². The lowest BCUT2D eigenvalue weighted by Gasteiger charge is -2.32. The van der Waals surface area contributed by atoms with Gasteiger partial charge in [0, 0.05) is 49.5 Å². The Kier molecular flexibility index (Phi) is 6.99. The van der Waals surface area contributed by atoms with E-state index in [-0.39, 0.29) is 5.41 Å². The van der Waals surface area contributed by atoms with Gasteiger partial charge >= 0.3 is 0 Å². The van der Waals surface area contributed by atoms with Gasteiger partial charge in [0.25, 0.3) is 0 Å². The van der Waals surface area contributed by atoms with Crippen LogP contribution in [0.2, 0.25) is 0 Å². The molecule has 0 aliphatic carbocycles. The van der Waals surface area contributed by atoms with E-state index in [1.807, 2.05) is 26.0 Å². The van der Waals surface area contributed by atoms with E-state index in [9.17, 15) is 0 Å². The Morgan fingerprint density at radius 3 is 1.10 bits per heavy atom.